The van der Waals surface area contributed by atoms with Gasteiger partial charge in [0.15, 0.2) is 11.9 Å². The van der Waals surface area contributed by atoms with E-state index >= 15 is 0 Å². The van der Waals surface area contributed by atoms with E-state index in [2.05, 4.69) is 20.3 Å². The van der Waals surface area contributed by atoms with Gasteiger partial charge in [-0.1, -0.05) is 36.4 Å². The first kappa shape index (κ1) is 14.8. The van der Waals surface area contributed by atoms with Crippen LogP contribution >= 0.6 is 0 Å². The second kappa shape index (κ2) is 6.74. The number of ether oxygens (including phenoxy) is 1. The van der Waals surface area contributed by atoms with Gasteiger partial charge in [0.1, 0.15) is 5.75 Å². The highest BCUT2D eigenvalue weighted by Gasteiger charge is 2.14. The average molecular weight is 307 g/mol. The van der Waals surface area contributed by atoms with Crippen LogP contribution < -0.4 is 15.8 Å². The van der Waals surface area contributed by atoms with Crippen LogP contribution in [0.2, 0.25) is 0 Å². The first-order chi connectivity index (χ1) is 11.2. The summed E-state index contributed by atoms with van der Waals surface area (Å²) in [6.07, 6.45) is -0.348. The Morgan fingerprint density at radius 1 is 0.913 bits per heavy atom. The van der Waals surface area contributed by atoms with E-state index in [0.29, 0.717) is 11.8 Å². The highest BCUT2D eigenvalue weighted by Crippen LogP contribution is 2.21. The number of anilines is 3. The van der Waals surface area contributed by atoms with Gasteiger partial charge in [0, 0.05) is 5.69 Å². The smallest absolute Gasteiger partial charge is 0.232 e. The minimum absolute atomic E-state index is 0.150. The molecule has 1 aromatic heterocycles. The van der Waals surface area contributed by atoms with Crippen LogP contribution in [-0.2, 0) is 0 Å². The molecule has 0 aliphatic rings. The molecule has 0 aliphatic carbocycles. The van der Waals surface area contributed by atoms with E-state index < -0.39 is 0 Å². The minimum Gasteiger partial charge on any atom is -0.483 e. The molecule has 6 heteroatoms. The number of aromatic nitrogens is 3. The van der Waals surface area contributed by atoms with Gasteiger partial charge in [-0.3, -0.25) is 0 Å². The van der Waals surface area contributed by atoms with Crippen molar-refractivity contribution in [1.82, 2.24) is 15.0 Å². The molecule has 1 atom stereocenters. The van der Waals surface area contributed by atoms with Crippen molar-refractivity contribution >= 4 is 17.6 Å². The highest BCUT2D eigenvalue weighted by molar-refractivity contribution is 5.53. The molecule has 0 aliphatic heterocycles. The van der Waals surface area contributed by atoms with Crippen molar-refractivity contribution in [1.29, 1.82) is 0 Å². The summed E-state index contributed by atoms with van der Waals surface area (Å²) < 4.78 is 5.82. The van der Waals surface area contributed by atoms with Crippen molar-refractivity contribution in [3.8, 4) is 5.75 Å². The number of hydrogen-bond donors (Lipinski definition) is 2. The standard InChI is InChI=1S/C17H17N5O/c1-12(23-14-10-6-3-7-11-14)15-20-16(18)22-17(21-15)19-13-8-4-2-5-9-13/h2-12H,1H3,(H3,18,19,20,21,22)/t12-/m1/s1. The maximum absolute atomic E-state index is 5.82. The van der Waals surface area contributed by atoms with Crippen molar-refractivity contribution in [2.75, 3.05) is 11.1 Å². The summed E-state index contributed by atoms with van der Waals surface area (Å²) in [6, 6.07) is 19.1. The lowest BCUT2D eigenvalue weighted by atomic mass is 10.3. The lowest BCUT2D eigenvalue weighted by Gasteiger charge is -2.14. The summed E-state index contributed by atoms with van der Waals surface area (Å²) in [6.45, 7) is 1.87. The molecule has 23 heavy (non-hydrogen) atoms. The van der Waals surface area contributed by atoms with Gasteiger partial charge in [-0.2, -0.15) is 15.0 Å². The van der Waals surface area contributed by atoms with Crippen LogP contribution in [0.25, 0.3) is 0 Å². The molecule has 0 radical (unpaired) electrons. The van der Waals surface area contributed by atoms with Gasteiger partial charge in [0.2, 0.25) is 11.9 Å². The Kier molecular flexibility index (Phi) is 4.33. The van der Waals surface area contributed by atoms with E-state index in [4.69, 9.17) is 10.5 Å². The molecule has 6 nitrogen and oxygen atoms in total. The van der Waals surface area contributed by atoms with Gasteiger partial charge in [-0.05, 0) is 31.2 Å². The number of para-hydroxylation sites is 2. The summed E-state index contributed by atoms with van der Waals surface area (Å²) in [5, 5.41) is 3.11. The largest absolute Gasteiger partial charge is 0.483 e. The van der Waals surface area contributed by atoms with Crippen LogP contribution in [0.4, 0.5) is 17.6 Å². The molecule has 0 unspecified atom stereocenters. The molecule has 3 rings (SSSR count). The van der Waals surface area contributed by atoms with E-state index in [0.717, 1.165) is 11.4 Å². The molecule has 2 aromatic carbocycles. The second-order valence-corrected chi connectivity index (χ2v) is 4.94. The quantitative estimate of drug-likeness (QED) is 0.752. The number of benzene rings is 2. The number of hydrogen-bond acceptors (Lipinski definition) is 6. The molecule has 0 bridgehead atoms. The molecule has 3 aromatic rings. The Bertz CT molecular complexity index is 764. The third-order valence-corrected chi connectivity index (χ3v) is 3.12. The number of rotatable bonds is 5. The van der Waals surface area contributed by atoms with Gasteiger partial charge in [0.25, 0.3) is 0 Å². The van der Waals surface area contributed by atoms with E-state index in [-0.39, 0.29) is 12.1 Å². The number of nitrogens with one attached hydrogen (secondary N) is 1. The van der Waals surface area contributed by atoms with Crippen molar-refractivity contribution in [2.45, 2.75) is 13.0 Å². The van der Waals surface area contributed by atoms with Gasteiger partial charge >= 0.3 is 0 Å². The van der Waals surface area contributed by atoms with Crippen LogP contribution in [0.3, 0.4) is 0 Å². The van der Waals surface area contributed by atoms with Gasteiger partial charge < -0.3 is 15.8 Å². The molecular weight excluding hydrogens is 290 g/mol. The molecule has 1 heterocycles. The van der Waals surface area contributed by atoms with Crippen molar-refractivity contribution < 1.29 is 4.74 Å². The summed E-state index contributed by atoms with van der Waals surface area (Å²) in [5.41, 5.74) is 6.66. The maximum Gasteiger partial charge on any atom is 0.232 e. The molecule has 0 saturated carbocycles. The van der Waals surface area contributed by atoms with Crippen molar-refractivity contribution in [2.24, 2.45) is 0 Å². The fourth-order valence-electron chi connectivity index (χ4n) is 2.05. The fourth-order valence-corrected chi connectivity index (χ4v) is 2.05. The third-order valence-electron chi connectivity index (χ3n) is 3.12. The molecule has 0 saturated heterocycles. The van der Waals surface area contributed by atoms with Crippen LogP contribution in [-0.4, -0.2) is 15.0 Å². The Hall–Kier alpha value is -3.15. The Morgan fingerprint density at radius 2 is 1.57 bits per heavy atom. The second-order valence-electron chi connectivity index (χ2n) is 4.94. The summed E-state index contributed by atoms with van der Waals surface area (Å²) in [4.78, 5) is 12.7. The maximum atomic E-state index is 5.82. The van der Waals surface area contributed by atoms with E-state index in [1.165, 1.54) is 0 Å². The molecular formula is C17H17N5O. The predicted molar refractivity (Wildman–Crippen MR) is 89.4 cm³/mol. The molecule has 0 spiro atoms. The lowest BCUT2D eigenvalue weighted by Crippen LogP contribution is -2.12. The van der Waals surface area contributed by atoms with Crippen LogP contribution in [0.15, 0.2) is 60.7 Å². The number of nitrogens with two attached hydrogens (primary N) is 1. The fraction of sp³-hybridized carbons (Fsp3) is 0.118. The number of nitrogens with zero attached hydrogens (tertiary/aromatic N) is 3. The van der Waals surface area contributed by atoms with Gasteiger partial charge in [-0.15, -0.1) is 0 Å². The number of nitrogen functional groups attached to an aromatic ring is 1. The molecule has 116 valence electrons. The van der Waals surface area contributed by atoms with Crippen LogP contribution in [0, 0.1) is 0 Å². The summed E-state index contributed by atoms with van der Waals surface area (Å²) in [7, 11) is 0. The van der Waals surface area contributed by atoms with E-state index in [1.807, 2.05) is 67.6 Å². The Balaban J connectivity index is 1.79. The van der Waals surface area contributed by atoms with E-state index in [9.17, 15) is 0 Å². The minimum atomic E-state index is -0.348. The van der Waals surface area contributed by atoms with E-state index in [1.54, 1.807) is 0 Å². The normalized spacial score (nSPS) is 11.7. The molecule has 0 fully saturated rings. The first-order valence-electron chi connectivity index (χ1n) is 7.26. The SMILES string of the molecule is C[C@@H](Oc1ccccc1)c1nc(N)nc(Nc2ccccc2)n1. The summed E-state index contributed by atoms with van der Waals surface area (Å²) in [5.74, 6) is 1.76. The topological polar surface area (TPSA) is 86.0 Å². The predicted octanol–water partition coefficient (Wildman–Crippen LogP) is 3.34. The zero-order chi connectivity index (χ0) is 16.1. The highest BCUT2D eigenvalue weighted by atomic mass is 16.5. The van der Waals surface area contributed by atoms with Crippen molar-refractivity contribution in [3.63, 3.8) is 0 Å². The molecule has 3 N–H and O–H groups in total. The third kappa shape index (κ3) is 3.94. The van der Waals surface area contributed by atoms with Gasteiger partial charge in [0.05, 0.1) is 0 Å². The first-order valence-corrected chi connectivity index (χ1v) is 7.26. The van der Waals surface area contributed by atoms with Crippen LogP contribution in [0.1, 0.15) is 18.9 Å². The Labute approximate surface area is 134 Å². The zero-order valence-electron chi connectivity index (χ0n) is 12.7. The summed E-state index contributed by atoms with van der Waals surface area (Å²) >= 11 is 0. The van der Waals surface area contributed by atoms with Crippen LogP contribution in [0.5, 0.6) is 5.75 Å². The Morgan fingerprint density at radius 3 is 2.26 bits per heavy atom. The monoisotopic (exact) mass is 307 g/mol. The molecule has 0 amide bonds. The zero-order valence-corrected chi connectivity index (χ0v) is 12.7. The average Bonchev–Trinajstić information content (AvgIpc) is 2.56. The lowest BCUT2D eigenvalue weighted by molar-refractivity contribution is 0.216. The van der Waals surface area contributed by atoms with Crippen molar-refractivity contribution in [3.05, 3.63) is 66.5 Å². The van der Waals surface area contributed by atoms with Gasteiger partial charge in [-0.25, -0.2) is 0 Å².